The standard InChI is InChI=1S/C20H22FNO3/c1-20(2,3)15-8-10-16(11-9-15)22-18(23)13-25-19(24)12-14-6-4-5-7-17(14)21/h4-11H,12-13H2,1-3H3,(H,22,23). The number of hydrogen-bond donors (Lipinski definition) is 1. The second kappa shape index (κ2) is 7.92. The fraction of sp³-hybridized carbons (Fsp3) is 0.300. The molecule has 0 atom stereocenters. The maximum atomic E-state index is 13.5. The number of carbonyl (C=O) groups is 2. The van der Waals surface area contributed by atoms with E-state index in [0.29, 0.717) is 5.69 Å². The fourth-order valence-electron chi connectivity index (χ4n) is 2.24. The van der Waals surface area contributed by atoms with Crippen LogP contribution in [-0.2, 0) is 26.2 Å². The molecule has 0 aliphatic heterocycles. The molecule has 0 spiro atoms. The molecular weight excluding hydrogens is 321 g/mol. The molecule has 25 heavy (non-hydrogen) atoms. The normalized spacial score (nSPS) is 11.0. The minimum absolute atomic E-state index is 0.0325. The minimum Gasteiger partial charge on any atom is -0.455 e. The molecule has 0 saturated heterocycles. The molecule has 1 amide bonds. The van der Waals surface area contributed by atoms with Crippen LogP contribution in [0.1, 0.15) is 31.9 Å². The van der Waals surface area contributed by atoms with E-state index >= 15 is 0 Å². The molecular formula is C20H22FNO3. The summed E-state index contributed by atoms with van der Waals surface area (Å²) in [6, 6.07) is 13.5. The average molecular weight is 343 g/mol. The topological polar surface area (TPSA) is 55.4 Å². The summed E-state index contributed by atoms with van der Waals surface area (Å²) in [5.41, 5.74) is 2.06. The summed E-state index contributed by atoms with van der Waals surface area (Å²) in [7, 11) is 0. The van der Waals surface area contributed by atoms with Crippen LogP contribution in [0.4, 0.5) is 10.1 Å². The maximum Gasteiger partial charge on any atom is 0.310 e. The van der Waals surface area contributed by atoms with Crippen molar-refractivity contribution in [3.8, 4) is 0 Å². The summed E-state index contributed by atoms with van der Waals surface area (Å²) in [5, 5.41) is 2.66. The lowest BCUT2D eigenvalue weighted by atomic mass is 9.87. The molecule has 0 unspecified atom stereocenters. The molecule has 0 radical (unpaired) electrons. The quantitative estimate of drug-likeness (QED) is 0.839. The monoisotopic (exact) mass is 343 g/mol. The van der Waals surface area contributed by atoms with Gasteiger partial charge in [0.05, 0.1) is 6.42 Å². The summed E-state index contributed by atoms with van der Waals surface area (Å²) in [4.78, 5) is 23.6. The molecule has 0 fully saturated rings. The van der Waals surface area contributed by atoms with Crippen molar-refractivity contribution in [2.75, 3.05) is 11.9 Å². The average Bonchev–Trinajstić information content (AvgIpc) is 2.55. The number of carbonyl (C=O) groups excluding carboxylic acids is 2. The Morgan fingerprint density at radius 3 is 2.28 bits per heavy atom. The Morgan fingerprint density at radius 2 is 1.68 bits per heavy atom. The Balaban J connectivity index is 1.82. The Bertz CT molecular complexity index is 748. The number of rotatable bonds is 5. The Hall–Kier alpha value is -2.69. The number of anilines is 1. The van der Waals surface area contributed by atoms with Gasteiger partial charge in [0.15, 0.2) is 6.61 Å². The van der Waals surface area contributed by atoms with Gasteiger partial charge in [0.1, 0.15) is 5.82 Å². The number of ether oxygens (including phenoxy) is 1. The van der Waals surface area contributed by atoms with Gasteiger partial charge in [-0.1, -0.05) is 51.1 Å². The molecule has 2 aromatic carbocycles. The third-order valence-electron chi connectivity index (χ3n) is 3.69. The third kappa shape index (κ3) is 5.71. The summed E-state index contributed by atoms with van der Waals surface area (Å²) in [5.74, 6) is -1.56. The number of nitrogens with one attached hydrogen (secondary N) is 1. The first-order valence-electron chi connectivity index (χ1n) is 8.05. The van der Waals surface area contributed by atoms with Crippen LogP contribution in [0.15, 0.2) is 48.5 Å². The van der Waals surface area contributed by atoms with Crippen molar-refractivity contribution < 1.29 is 18.7 Å². The summed E-state index contributed by atoms with van der Waals surface area (Å²) < 4.78 is 18.4. The molecule has 0 aromatic heterocycles. The van der Waals surface area contributed by atoms with E-state index in [1.165, 1.54) is 12.1 Å². The molecule has 2 rings (SSSR count). The molecule has 5 heteroatoms. The number of amides is 1. The van der Waals surface area contributed by atoms with Gasteiger partial charge in [0, 0.05) is 5.69 Å². The van der Waals surface area contributed by atoms with Crippen molar-refractivity contribution in [1.82, 2.24) is 0 Å². The van der Waals surface area contributed by atoms with Crippen molar-refractivity contribution in [2.45, 2.75) is 32.6 Å². The van der Waals surface area contributed by atoms with E-state index in [2.05, 4.69) is 26.1 Å². The highest BCUT2D eigenvalue weighted by Crippen LogP contribution is 2.23. The van der Waals surface area contributed by atoms with Crippen LogP contribution in [0.25, 0.3) is 0 Å². The van der Waals surface area contributed by atoms with Gasteiger partial charge in [-0.3, -0.25) is 9.59 Å². The largest absolute Gasteiger partial charge is 0.455 e. The van der Waals surface area contributed by atoms with Gasteiger partial charge in [0.2, 0.25) is 0 Å². The molecule has 0 aliphatic rings. The highest BCUT2D eigenvalue weighted by molar-refractivity contribution is 5.92. The van der Waals surface area contributed by atoms with Crippen LogP contribution < -0.4 is 5.32 Å². The van der Waals surface area contributed by atoms with Gasteiger partial charge in [-0.25, -0.2) is 4.39 Å². The van der Waals surface area contributed by atoms with E-state index in [0.717, 1.165) is 5.56 Å². The first kappa shape index (κ1) is 18.6. The fourth-order valence-corrected chi connectivity index (χ4v) is 2.24. The number of hydrogen-bond acceptors (Lipinski definition) is 3. The lowest BCUT2D eigenvalue weighted by molar-refractivity contribution is -0.146. The predicted octanol–water partition coefficient (Wildman–Crippen LogP) is 3.85. The highest BCUT2D eigenvalue weighted by Gasteiger charge is 2.14. The molecule has 0 saturated carbocycles. The van der Waals surface area contributed by atoms with Crippen LogP contribution in [0, 0.1) is 5.82 Å². The molecule has 0 aliphatic carbocycles. The van der Waals surface area contributed by atoms with Gasteiger partial charge >= 0.3 is 5.97 Å². The van der Waals surface area contributed by atoms with Crippen LogP contribution in [-0.4, -0.2) is 18.5 Å². The lowest BCUT2D eigenvalue weighted by Crippen LogP contribution is -2.22. The van der Waals surface area contributed by atoms with Crippen molar-refractivity contribution in [2.24, 2.45) is 0 Å². The number of halogens is 1. The smallest absolute Gasteiger partial charge is 0.310 e. The zero-order chi connectivity index (χ0) is 18.4. The van der Waals surface area contributed by atoms with Crippen LogP contribution in [0.2, 0.25) is 0 Å². The minimum atomic E-state index is -0.650. The third-order valence-corrected chi connectivity index (χ3v) is 3.69. The van der Waals surface area contributed by atoms with E-state index in [1.807, 2.05) is 12.1 Å². The second-order valence-electron chi connectivity index (χ2n) is 6.80. The Morgan fingerprint density at radius 1 is 1.04 bits per heavy atom. The molecule has 0 heterocycles. The summed E-state index contributed by atoms with van der Waals surface area (Å²) in [6.45, 7) is 5.91. The van der Waals surface area contributed by atoms with Gasteiger partial charge in [-0.2, -0.15) is 0 Å². The molecule has 1 N–H and O–H groups in total. The molecule has 132 valence electrons. The predicted molar refractivity (Wildman–Crippen MR) is 94.8 cm³/mol. The Kier molecular flexibility index (Phi) is 5.91. The summed E-state index contributed by atoms with van der Waals surface area (Å²) in [6.07, 6.45) is -0.208. The van der Waals surface area contributed by atoms with Crippen LogP contribution >= 0.6 is 0 Å². The number of benzene rings is 2. The highest BCUT2D eigenvalue weighted by atomic mass is 19.1. The van der Waals surface area contributed by atoms with Gasteiger partial charge in [-0.15, -0.1) is 0 Å². The Labute approximate surface area is 147 Å². The van der Waals surface area contributed by atoms with Crippen molar-refractivity contribution >= 4 is 17.6 Å². The van der Waals surface area contributed by atoms with Crippen molar-refractivity contribution in [3.05, 3.63) is 65.5 Å². The zero-order valence-corrected chi connectivity index (χ0v) is 14.6. The van der Waals surface area contributed by atoms with Crippen LogP contribution in [0.5, 0.6) is 0 Å². The van der Waals surface area contributed by atoms with E-state index < -0.39 is 24.3 Å². The van der Waals surface area contributed by atoms with Crippen molar-refractivity contribution in [1.29, 1.82) is 0 Å². The van der Waals surface area contributed by atoms with Gasteiger partial charge in [0.25, 0.3) is 5.91 Å². The van der Waals surface area contributed by atoms with Gasteiger partial charge < -0.3 is 10.1 Å². The molecule has 0 bridgehead atoms. The van der Waals surface area contributed by atoms with E-state index in [4.69, 9.17) is 4.74 Å². The molecule has 2 aromatic rings. The van der Waals surface area contributed by atoms with Crippen molar-refractivity contribution in [3.63, 3.8) is 0 Å². The van der Waals surface area contributed by atoms with Gasteiger partial charge in [-0.05, 0) is 34.7 Å². The van der Waals surface area contributed by atoms with Crippen LogP contribution in [0.3, 0.4) is 0 Å². The first-order valence-corrected chi connectivity index (χ1v) is 8.05. The van der Waals surface area contributed by atoms with E-state index in [9.17, 15) is 14.0 Å². The second-order valence-corrected chi connectivity index (χ2v) is 6.80. The zero-order valence-electron chi connectivity index (χ0n) is 14.6. The maximum absolute atomic E-state index is 13.5. The first-order chi connectivity index (χ1) is 11.8. The lowest BCUT2D eigenvalue weighted by Gasteiger charge is -2.19. The molecule has 4 nitrogen and oxygen atoms in total. The SMILES string of the molecule is CC(C)(C)c1ccc(NC(=O)COC(=O)Cc2ccccc2F)cc1. The summed E-state index contributed by atoms with van der Waals surface area (Å²) >= 11 is 0. The number of esters is 1. The van der Waals surface area contributed by atoms with E-state index in [1.54, 1.807) is 24.3 Å². The van der Waals surface area contributed by atoms with E-state index in [-0.39, 0.29) is 17.4 Å².